The van der Waals surface area contributed by atoms with Crippen molar-refractivity contribution in [2.75, 3.05) is 0 Å². The number of hydrogen-bond acceptors (Lipinski definition) is 2. The Morgan fingerprint density at radius 1 is 1.21 bits per heavy atom. The molecule has 1 fully saturated rings. The molecule has 19 heavy (non-hydrogen) atoms. The number of fused-ring (bicyclic) bond motifs is 4. The van der Waals surface area contributed by atoms with Crippen molar-refractivity contribution in [3.05, 3.63) is 29.3 Å². The zero-order valence-corrected chi connectivity index (χ0v) is 12.1. The summed E-state index contributed by atoms with van der Waals surface area (Å²) in [5, 5.41) is 9.86. The van der Waals surface area contributed by atoms with Crippen molar-refractivity contribution in [1.82, 2.24) is 0 Å². The highest BCUT2D eigenvalue weighted by Gasteiger charge is 2.51. The van der Waals surface area contributed by atoms with Crippen molar-refractivity contribution in [3.63, 3.8) is 0 Å². The minimum atomic E-state index is -0.172. The third-order valence-corrected chi connectivity index (χ3v) is 5.92. The topological polar surface area (TPSA) is 46.2 Å². The number of aromatic hydroxyl groups is 1. The van der Waals surface area contributed by atoms with Crippen molar-refractivity contribution in [2.45, 2.75) is 63.3 Å². The lowest BCUT2D eigenvalue weighted by Gasteiger charge is -2.54. The van der Waals surface area contributed by atoms with E-state index in [9.17, 15) is 5.11 Å². The van der Waals surface area contributed by atoms with E-state index in [1.807, 2.05) is 12.1 Å². The average molecular weight is 259 g/mol. The fourth-order valence-corrected chi connectivity index (χ4v) is 4.33. The Balaban J connectivity index is 2.18. The lowest BCUT2D eigenvalue weighted by molar-refractivity contribution is 0.112. The minimum Gasteiger partial charge on any atom is -0.508 e. The summed E-state index contributed by atoms with van der Waals surface area (Å²) < 4.78 is 0. The summed E-state index contributed by atoms with van der Waals surface area (Å²) in [6.45, 7) is 4.54. The van der Waals surface area contributed by atoms with Crippen LogP contribution in [0, 0.1) is 5.92 Å². The molecule has 0 saturated heterocycles. The van der Waals surface area contributed by atoms with Gasteiger partial charge in [-0.3, -0.25) is 0 Å². The highest BCUT2D eigenvalue weighted by atomic mass is 16.3. The third-order valence-electron chi connectivity index (χ3n) is 5.92. The Morgan fingerprint density at radius 3 is 2.79 bits per heavy atom. The molecule has 1 unspecified atom stereocenters. The smallest absolute Gasteiger partial charge is 0.115 e. The Hall–Kier alpha value is -1.02. The quantitative estimate of drug-likeness (QED) is 0.749. The lowest BCUT2D eigenvalue weighted by Crippen LogP contribution is -2.62. The third kappa shape index (κ3) is 1.80. The molecule has 0 amide bonds. The fraction of sp³-hybridized carbons (Fsp3) is 0.647. The number of nitrogens with two attached hydrogens (primary N) is 1. The zero-order valence-electron chi connectivity index (χ0n) is 12.1. The number of phenolic OH excluding ortho intramolecular Hbond substituents is 1. The van der Waals surface area contributed by atoms with Crippen LogP contribution in [0.25, 0.3) is 0 Å². The standard InChI is InChI=1S/C17H25NO/c1-16-9-5-3-4-6-13(17(16,2)18)10-12-7-8-14(19)11-15(12)16/h7-8,11,13,19H,3-6,9-10,18H2,1-2H3/t13-,16+,17?/m0/s1. The molecule has 3 rings (SSSR count). The van der Waals surface area contributed by atoms with Gasteiger partial charge in [0.15, 0.2) is 0 Å². The minimum absolute atomic E-state index is 0.00951. The normalized spacial score (nSPS) is 38.2. The number of benzene rings is 1. The average Bonchev–Trinajstić information content (AvgIpc) is 2.36. The molecule has 2 aliphatic rings. The Kier molecular flexibility index (Phi) is 2.90. The van der Waals surface area contributed by atoms with Crippen LogP contribution in [-0.2, 0) is 11.8 Å². The summed E-state index contributed by atoms with van der Waals surface area (Å²) in [4.78, 5) is 0. The van der Waals surface area contributed by atoms with Crippen molar-refractivity contribution < 1.29 is 5.11 Å². The Morgan fingerprint density at radius 2 is 2.00 bits per heavy atom. The van der Waals surface area contributed by atoms with Gasteiger partial charge in [0.05, 0.1) is 0 Å². The van der Waals surface area contributed by atoms with Gasteiger partial charge >= 0.3 is 0 Å². The van der Waals surface area contributed by atoms with Gasteiger partial charge in [-0.15, -0.1) is 0 Å². The van der Waals surface area contributed by atoms with Crippen LogP contribution in [0.2, 0.25) is 0 Å². The fourth-order valence-electron chi connectivity index (χ4n) is 4.33. The Bertz CT molecular complexity index is 494. The molecule has 2 heteroatoms. The first kappa shape index (κ1) is 13.0. The number of hydrogen-bond donors (Lipinski definition) is 2. The zero-order chi connectivity index (χ0) is 13.7. The van der Waals surface area contributed by atoms with Crippen molar-refractivity contribution in [2.24, 2.45) is 11.7 Å². The summed E-state index contributed by atoms with van der Waals surface area (Å²) >= 11 is 0. The van der Waals surface area contributed by atoms with Gasteiger partial charge in [0.2, 0.25) is 0 Å². The van der Waals surface area contributed by atoms with E-state index in [-0.39, 0.29) is 11.0 Å². The first-order valence-electron chi connectivity index (χ1n) is 7.56. The van der Waals surface area contributed by atoms with Gasteiger partial charge in [0, 0.05) is 11.0 Å². The monoisotopic (exact) mass is 259 g/mol. The van der Waals surface area contributed by atoms with Gasteiger partial charge in [-0.1, -0.05) is 32.3 Å². The second-order valence-electron chi connectivity index (χ2n) is 6.96. The predicted octanol–water partition coefficient (Wildman–Crippen LogP) is 3.50. The van der Waals surface area contributed by atoms with E-state index in [1.165, 1.54) is 36.8 Å². The number of rotatable bonds is 0. The highest BCUT2D eigenvalue weighted by Crippen LogP contribution is 2.51. The van der Waals surface area contributed by atoms with E-state index in [0.717, 1.165) is 12.8 Å². The van der Waals surface area contributed by atoms with Gasteiger partial charge in [0.25, 0.3) is 0 Å². The van der Waals surface area contributed by atoms with Gasteiger partial charge in [-0.2, -0.15) is 0 Å². The van der Waals surface area contributed by atoms with E-state index in [2.05, 4.69) is 19.9 Å². The summed E-state index contributed by atoms with van der Waals surface area (Å²) in [7, 11) is 0. The molecule has 1 aromatic carbocycles. The molecule has 0 radical (unpaired) electrons. The van der Waals surface area contributed by atoms with Gasteiger partial charge in [-0.25, -0.2) is 0 Å². The van der Waals surface area contributed by atoms with Crippen LogP contribution < -0.4 is 5.73 Å². The molecule has 104 valence electrons. The van der Waals surface area contributed by atoms with Crippen molar-refractivity contribution in [1.29, 1.82) is 0 Å². The molecule has 3 N–H and O–H groups in total. The molecular formula is C17H25NO. The van der Waals surface area contributed by atoms with Gasteiger partial charge < -0.3 is 10.8 Å². The maximum atomic E-state index is 9.86. The van der Waals surface area contributed by atoms with Crippen LogP contribution in [-0.4, -0.2) is 10.6 Å². The summed E-state index contributed by atoms with van der Waals surface area (Å²) in [6.07, 6.45) is 7.30. The summed E-state index contributed by atoms with van der Waals surface area (Å²) in [5.41, 5.74) is 9.32. The number of phenols is 1. The molecule has 1 aromatic rings. The molecule has 2 bridgehead atoms. The first-order chi connectivity index (χ1) is 8.95. The van der Waals surface area contributed by atoms with E-state index in [0.29, 0.717) is 11.7 Å². The van der Waals surface area contributed by atoms with E-state index >= 15 is 0 Å². The molecule has 0 aliphatic heterocycles. The molecule has 0 heterocycles. The van der Waals surface area contributed by atoms with Crippen LogP contribution >= 0.6 is 0 Å². The van der Waals surface area contributed by atoms with Crippen LogP contribution in [0.4, 0.5) is 0 Å². The Labute approximate surface area is 116 Å². The first-order valence-corrected chi connectivity index (χ1v) is 7.56. The molecule has 2 nitrogen and oxygen atoms in total. The lowest BCUT2D eigenvalue weighted by atomic mass is 9.53. The molecule has 1 saturated carbocycles. The largest absolute Gasteiger partial charge is 0.508 e. The second-order valence-corrected chi connectivity index (χ2v) is 6.96. The predicted molar refractivity (Wildman–Crippen MR) is 78.3 cm³/mol. The molecule has 3 atom stereocenters. The second kappa shape index (κ2) is 4.24. The van der Waals surface area contributed by atoms with Crippen LogP contribution in [0.5, 0.6) is 5.75 Å². The van der Waals surface area contributed by atoms with E-state index in [4.69, 9.17) is 5.73 Å². The van der Waals surface area contributed by atoms with Crippen LogP contribution in [0.3, 0.4) is 0 Å². The molecule has 0 spiro atoms. The maximum absolute atomic E-state index is 9.86. The van der Waals surface area contributed by atoms with Crippen molar-refractivity contribution >= 4 is 0 Å². The summed E-state index contributed by atoms with van der Waals surface area (Å²) in [5.74, 6) is 0.936. The van der Waals surface area contributed by atoms with Crippen molar-refractivity contribution in [3.8, 4) is 5.75 Å². The molecule has 2 aliphatic carbocycles. The van der Waals surface area contributed by atoms with Crippen LogP contribution in [0.15, 0.2) is 18.2 Å². The molecule has 0 aromatic heterocycles. The van der Waals surface area contributed by atoms with Gasteiger partial charge in [-0.05, 0) is 55.4 Å². The summed E-state index contributed by atoms with van der Waals surface area (Å²) in [6, 6.07) is 5.88. The highest BCUT2D eigenvalue weighted by molar-refractivity contribution is 5.45. The van der Waals surface area contributed by atoms with Crippen LogP contribution in [0.1, 0.15) is 57.1 Å². The molecular weight excluding hydrogens is 234 g/mol. The maximum Gasteiger partial charge on any atom is 0.115 e. The van der Waals surface area contributed by atoms with E-state index < -0.39 is 0 Å². The van der Waals surface area contributed by atoms with E-state index in [1.54, 1.807) is 0 Å². The van der Waals surface area contributed by atoms with Gasteiger partial charge in [0.1, 0.15) is 5.75 Å². The SMILES string of the molecule is CC1(N)[C@H]2CCCCC[C@]1(C)c1cc(O)ccc1C2.